The van der Waals surface area contributed by atoms with Gasteiger partial charge < -0.3 is 46.9 Å². The Morgan fingerprint density at radius 2 is 1.75 bits per heavy atom. The largest absolute Gasteiger partial charge is 0.472 e. The van der Waals surface area contributed by atoms with Crippen molar-refractivity contribution in [3.8, 4) is 0 Å². The van der Waals surface area contributed by atoms with Crippen LogP contribution in [0.25, 0.3) is 0 Å². The number of aromatic nitrogens is 3. The number of hydrogen-bond donors (Lipinski definition) is 8. The molecule has 6 amide bonds. The third-order valence-electron chi connectivity index (χ3n) is 7.19. The Hall–Kier alpha value is -4.75. The van der Waals surface area contributed by atoms with Gasteiger partial charge in [0, 0.05) is 49.8 Å². The third kappa shape index (κ3) is 30.9. The zero-order valence-electron chi connectivity index (χ0n) is 36.3. The highest BCUT2D eigenvalue weighted by Gasteiger charge is 2.36. The van der Waals surface area contributed by atoms with Crippen molar-refractivity contribution >= 4 is 44.3 Å². The van der Waals surface area contributed by atoms with Gasteiger partial charge in [0.25, 0.3) is 0 Å². The smallest absolute Gasteiger partial charge is 0.394 e. The van der Waals surface area contributed by atoms with Crippen LogP contribution in [0.4, 0.5) is 0 Å². The molecule has 21 heteroatoms. The fraction of sp³-hybridized carbons (Fsp3) is 0.632. The molecule has 0 radical (unpaired) electrons. The van der Waals surface area contributed by atoms with Gasteiger partial charge in [-0.2, -0.15) is 0 Å². The number of phosphoric acid groups is 1. The van der Waals surface area contributed by atoms with Crippen molar-refractivity contribution in [3.63, 3.8) is 0 Å². The van der Waals surface area contributed by atoms with Gasteiger partial charge in [0.2, 0.25) is 36.4 Å². The molecule has 9 N–H and O–H groups in total. The number of H-pyrrole nitrogens is 1. The van der Waals surface area contributed by atoms with Crippen LogP contribution < -0.4 is 27.0 Å². The van der Waals surface area contributed by atoms with Gasteiger partial charge >= 0.3 is 7.82 Å². The molecule has 2 aromatic rings. The lowest BCUT2D eigenvalue weighted by molar-refractivity contribution is -0.146. The number of nitrogens with zero attached hydrogens (tertiary/aromatic N) is 3. The summed E-state index contributed by atoms with van der Waals surface area (Å²) < 4.78 is 21.8. The van der Waals surface area contributed by atoms with Crippen molar-refractivity contribution in [3.05, 3.63) is 48.3 Å². The lowest BCUT2D eigenvalue weighted by Gasteiger charge is -2.39. The molecule has 0 aliphatic carbocycles. The van der Waals surface area contributed by atoms with Gasteiger partial charge in [-0.15, -0.1) is 0 Å². The zero-order chi connectivity index (χ0) is 45.8. The van der Waals surface area contributed by atoms with Crippen LogP contribution in [0.3, 0.4) is 0 Å². The molecule has 1 fully saturated rings. The first-order valence-corrected chi connectivity index (χ1v) is 21.1. The number of imidazole rings is 1. The van der Waals surface area contributed by atoms with Crippen LogP contribution in [0.5, 0.6) is 0 Å². The molecule has 0 saturated carbocycles. The van der Waals surface area contributed by atoms with Crippen molar-refractivity contribution in [2.45, 2.75) is 119 Å². The number of aromatic amines is 1. The van der Waals surface area contributed by atoms with Crippen molar-refractivity contribution in [1.82, 2.24) is 41.1 Å². The summed E-state index contributed by atoms with van der Waals surface area (Å²) in [5.74, 6) is -0.839. The minimum atomic E-state index is -4.33. The Kier molecular flexibility index (Phi) is 36.1. The molecule has 59 heavy (non-hydrogen) atoms. The molecule has 2 aromatic heterocycles. The number of nitrogens with two attached hydrogens (primary N) is 1. The first-order valence-electron chi connectivity index (χ1n) is 19.6. The lowest BCUT2D eigenvalue weighted by atomic mass is 10.0. The number of likely N-dealkylation sites (tertiary alicyclic amines) is 1. The normalized spacial score (nSPS) is 14.7. The number of nitrogens with one attached hydrogen (secondary N) is 5. The van der Waals surface area contributed by atoms with Crippen LogP contribution in [-0.2, 0) is 48.8 Å². The van der Waals surface area contributed by atoms with E-state index in [0.717, 1.165) is 24.2 Å². The highest BCUT2D eigenvalue weighted by molar-refractivity contribution is 7.47. The van der Waals surface area contributed by atoms with Crippen LogP contribution in [0.2, 0.25) is 0 Å². The molecule has 3 heterocycles. The van der Waals surface area contributed by atoms with Gasteiger partial charge in [0.1, 0.15) is 12.1 Å². The Bertz CT molecular complexity index is 1460. The van der Waals surface area contributed by atoms with E-state index in [9.17, 15) is 38.5 Å². The molecule has 3 rings (SSSR count). The maximum Gasteiger partial charge on any atom is 0.472 e. The molecule has 0 spiro atoms. The van der Waals surface area contributed by atoms with Gasteiger partial charge in [0.15, 0.2) is 0 Å². The van der Waals surface area contributed by atoms with Gasteiger partial charge in [-0.1, -0.05) is 47.6 Å². The summed E-state index contributed by atoms with van der Waals surface area (Å²) in [6, 6.07) is 4.17. The van der Waals surface area contributed by atoms with Crippen LogP contribution in [0.1, 0.15) is 93.0 Å². The summed E-state index contributed by atoms with van der Waals surface area (Å²) in [5, 5.41) is 18.9. The van der Waals surface area contributed by atoms with Gasteiger partial charge in [-0.25, -0.2) is 9.55 Å². The molecule has 1 saturated heterocycles. The van der Waals surface area contributed by atoms with E-state index in [4.69, 9.17) is 13.8 Å². The Labute approximate surface area is 349 Å². The molecule has 1 aliphatic rings. The Morgan fingerprint density at radius 1 is 1.10 bits per heavy atom. The second kappa shape index (κ2) is 36.3. The summed E-state index contributed by atoms with van der Waals surface area (Å²) in [4.78, 5) is 87.4. The van der Waals surface area contributed by atoms with E-state index in [1.807, 2.05) is 53.7 Å². The van der Waals surface area contributed by atoms with Crippen LogP contribution >= 0.6 is 7.82 Å². The third-order valence-corrected chi connectivity index (χ3v) is 8.33. The van der Waals surface area contributed by atoms with Crippen molar-refractivity contribution < 1.29 is 52.4 Å². The van der Waals surface area contributed by atoms with E-state index in [1.54, 1.807) is 29.7 Å². The maximum absolute atomic E-state index is 12.0. The number of hydrogen-bond acceptors (Lipinski definition) is 12. The number of pyridine rings is 1. The van der Waals surface area contributed by atoms with Crippen LogP contribution in [0, 0.1) is 12.8 Å². The van der Waals surface area contributed by atoms with E-state index in [2.05, 4.69) is 55.8 Å². The van der Waals surface area contributed by atoms with E-state index in [-0.39, 0.29) is 50.0 Å². The first-order chi connectivity index (χ1) is 28.0. The second-order valence-corrected chi connectivity index (χ2v) is 14.0. The lowest BCUT2D eigenvalue weighted by Crippen LogP contribution is -2.58. The van der Waals surface area contributed by atoms with Crippen LogP contribution in [0.15, 0.2) is 36.9 Å². The molecule has 0 aromatic carbocycles. The second-order valence-electron chi connectivity index (χ2n) is 12.6. The predicted octanol–water partition coefficient (Wildman–Crippen LogP) is 1.91. The molecular weight excluding hydrogens is 789 g/mol. The molecule has 20 nitrogen and oxygen atoms in total. The van der Waals surface area contributed by atoms with E-state index in [0.29, 0.717) is 31.7 Å². The first kappa shape index (κ1) is 58.6. The fourth-order valence-electron chi connectivity index (χ4n) is 4.68. The SMILES string of the molecule is CC.CC.CC(=O)N1CCC1C(=O)NC(C)CC(C)C.CC(CNC(=O)C(CO)NC(=O)CNC=O)OP(=O)(O)OCCCc1ccccn1.Cc1cnc[nH]1.NC=O. The van der Waals surface area contributed by atoms with E-state index >= 15 is 0 Å². The molecule has 0 bridgehead atoms. The fourth-order valence-corrected chi connectivity index (χ4v) is 5.63. The van der Waals surface area contributed by atoms with Crippen molar-refractivity contribution in [2.75, 3.05) is 32.8 Å². The van der Waals surface area contributed by atoms with Gasteiger partial charge in [-0.05, 0) is 64.5 Å². The van der Waals surface area contributed by atoms with Gasteiger partial charge in [0.05, 0.1) is 32.2 Å². The standard InChI is InChI=1S/C17H27N4O8P.C12H22N2O2.C4H6N2.2C2H6.CH3NO/c1-13(9-20-17(25)15(11-22)21-16(24)10-18-12-23)29-30(26,27)28-8-4-6-14-5-2-3-7-19-14;1-8(2)7-9(3)13-12(16)11-5-6-14(11)10(4)15;1-4-2-5-3-6-4;2*1-2;2-1-3/h2-3,5,7,12-13,15,22H,4,6,8-11H2,1H3,(H,18,23)(H,20,25)(H,21,24)(H,26,27);8-9,11H,5-7H2,1-4H3,(H,13,16);2-3H,1H3,(H,5,6);2*1-2H3;1H,(H2,2,3). The molecule has 5 atom stereocenters. The molecular formula is C38H70N9O11P. The van der Waals surface area contributed by atoms with E-state index in [1.165, 1.54) is 13.8 Å². The Balaban J connectivity index is -0.000000891. The number of aryl methyl sites for hydroxylation is 2. The molecule has 1 aliphatic heterocycles. The summed E-state index contributed by atoms with van der Waals surface area (Å²) in [6.07, 6.45) is 7.58. The molecule has 5 unspecified atom stereocenters. The number of carbonyl (C=O) groups excluding carboxylic acids is 6. The maximum atomic E-state index is 12.0. The Morgan fingerprint density at radius 3 is 2.19 bits per heavy atom. The number of rotatable bonds is 19. The predicted molar refractivity (Wildman–Crippen MR) is 224 cm³/mol. The zero-order valence-corrected chi connectivity index (χ0v) is 37.2. The molecule has 338 valence electrons. The van der Waals surface area contributed by atoms with Crippen LogP contribution in [-0.4, -0.2) is 123 Å². The van der Waals surface area contributed by atoms with E-state index < -0.39 is 38.4 Å². The highest BCUT2D eigenvalue weighted by atomic mass is 31.2. The average Bonchev–Trinajstić information content (AvgIpc) is 3.66. The van der Waals surface area contributed by atoms with Crippen molar-refractivity contribution in [2.24, 2.45) is 11.7 Å². The van der Waals surface area contributed by atoms with Crippen molar-refractivity contribution in [1.29, 1.82) is 0 Å². The minimum absolute atomic E-state index is 0.00500. The summed E-state index contributed by atoms with van der Waals surface area (Å²) in [6.45, 7) is 18.7. The summed E-state index contributed by atoms with van der Waals surface area (Å²) >= 11 is 0. The summed E-state index contributed by atoms with van der Waals surface area (Å²) in [7, 11) is -4.33. The number of primary amides is 1. The minimum Gasteiger partial charge on any atom is -0.394 e. The highest BCUT2D eigenvalue weighted by Crippen LogP contribution is 2.44. The topological polar surface area (TPSA) is 297 Å². The number of phosphoric ester groups is 1. The number of amides is 6. The number of aliphatic hydroxyl groups is 1. The average molecular weight is 860 g/mol. The summed E-state index contributed by atoms with van der Waals surface area (Å²) in [5.41, 5.74) is 6.10. The quantitative estimate of drug-likeness (QED) is 0.0570. The number of carbonyl (C=O) groups is 6. The van der Waals surface area contributed by atoms with Gasteiger partial charge in [-0.3, -0.25) is 42.8 Å². The number of aliphatic hydroxyl groups excluding tert-OH is 1. The monoisotopic (exact) mass is 859 g/mol.